The molecule has 0 aromatic carbocycles. The van der Waals surface area contributed by atoms with E-state index in [0.717, 1.165) is 19.4 Å². The molecule has 0 unspecified atom stereocenters. The van der Waals surface area contributed by atoms with Crippen molar-refractivity contribution in [2.75, 3.05) is 20.3 Å². The average molecular weight is 201 g/mol. The summed E-state index contributed by atoms with van der Waals surface area (Å²) in [5, 5.41) is 12.1. The molecule has 0 radical (unpaired) electrons. The Hall–Kier alpha value is -0.120. The van der Waals surface area contributed by atoms with E-state index in [4.69, 9.17) is 9.84 Å². The molecule has 1 rings (SSSR count). The molecule has 2 N–H and O–H groups in total. The summed E-state index contributed by atoms with van der Waals surface area (Å²) in [6.45, 7) is 1.46. The first-order valence-electron chi connectivity index (χ1n) is 5.74. The molecular formula is C11H23NO2. The highest BCUT2D eigenvalue weighted by Crippen LogP contribution is 2.22. The van der Waals surface area contributed by atoms with Crippen LogP contribution >= 0.6 is 0 Å². The number of aliphatic hydroxyl groups is 1. The zero-order valence-corrected chi connectivity index (χ0v) is 9.17. The minimum atomic E-state index is 0.339. The molecular weight excluding hydrogens is 178 g/mol. The van der Waals surface area contributed by atoms with Gasteiger partial charge in [0.05, 0.1) is 6.10 Å². The average Bonchev–Trinajstić information content (AvgIpc) is 2.14. The minimum absolute atomic E-state index is 0.339. The van der Waals surface area contributed by atoms with E-state index in [9.17, 15) is 0 Å². The van der Waals surface area contributed by atoms with Gasteiger partial charge in [0, 0.05) is 19.8 Å². The lowest BCUT2D eigenvalue weighted by Crippen LogP contribution is -2.45. The Morgan fingerprint density at radius 1 is 1.21 bits per heavy atom. The highest BCUT2D eigenvalue weighted by atomic mass is 16.5. The van der Waals surface area contributed by atoms with Gasteiger partial charge in [0.15, 0.2) is 0 Å². The largest absolute Gasteiger partial charge is 0.396 e. The first-order valence-corrected chi connectivity index (χ1v) is 5.74. The third-order valence-corrected chi connectivity index (χ3v) is 2.95. The van der Waals surface area contributed by atoms with Crippen molar-refractivity contribution < 1.29 is 9.84 Å². The molecule has 1 fully saturated rings. The lowest BCUT2D eigenvalue weighted by molar-refractivity contribution is 0.0175. The summed E-state index contributed by atoms with van der Waals surface area (Å²) in [5.41, 5.74) is 0. The summed E-state index contributed by atoms with van der Waals surface area (Å²) >= 11 is 0. The van der Waals surface area contributed by atoms with Crippen LogP contribution in [0.4, 0.5) is 0 Å². The Balaban J connectivity index is 1.77. The Morgan fingerprint density at radius 3 is 2.57 bits per heavy atom. The maximum atomic E-state index is 8.58. The molecule has 0 saturated heterocycles. The molecule has 0 heterocycles. The monoisotopic (exact) mass is 201 g/mol. The molecule has 3 nitrogen and oxygen atoms in total. The van der Waals surface area contributed by atoms with E-state index < -0.39 is 0 Å². The summed E-state index contributed by atoms with van der Waals surface area (Å²) in [5.74, 6) is 0. The van der Waals surface area contributed by atoms with E-state index in [1.807, 2.05) is 0 Å². The molecule has 1 saturated carbocycles. The fourth-order valence-corrected chi connectivity index (χ4v) is 1.82. The summed E-state index contributed by atoms with van der Waals surface area (Å²) < 4.78 is 5.21. The zero-order valence-electron chi connectivity index (χ0n) is 9.17. The molecule has 1 aliphatic carbocycles. The van der Waals surface area contributed by atoms with Crippen molar-refractivity contribution in [1.82, 2.24) is 5.32 Å². The van der Waals surface area contributed by atoms with Crippen molar-refractivity contribution in [2.45, 2.75) is 50.7 Å². The number of rotatable bonds is 8. The molecule has 0 bridgehead atoms. The number of unbranched alkanes of at least 4 members (excludes halogenated alkanes) is 3. The second kappa shape index (κ2) is 7.21. The zero-order chi connectivity index (χ0) is 10.2. The standard InChI is InChI=1S/C11H23NO2/c1-14-11-8-10(9-11)12-6-4-2-3-5-7-13/h10-13H,2-9H2,1H3. The Bertz CT molecular complexity index is 135. The topological polar surface area (TPSA) is 41.5 Å². The maximum absolute atomic E-state index is 8.58. The lowest BCUT2D eigenvalue weighted by atomic mass is 9.89. The van der Waals surface area contributed by atoms with E-state index in [1.54, 1.807) is 7.11 Å². The minimum Gasteiger partial charge on any atom is -0.396 e. The highest BCUT2D eigenvalue weighted by molar-refractivity contribution is 4.85. The molecule has 0 aromatic heterocycles. The number of nitrogens with one attached hydrogen (secondary N) is 1. The van der Waals surface area contributed by atoms with Crippen LogP contribution in [0.5, 0.6) is 0 Å². The number of ether oxygens (including phenoxy) is 1. The van der Waals surface area contributed by atoms with Crippen LogP contribution in [-0.4, -0.2) is 37.5 Å². The number of hydrogen-bond donors (Lipinski definition) is 2. The summed E-state index contributed by atoms with van der Waals surface area (Å²) in [6, 6.07) is 0.692. The van der Waals surface area contributed by atoms with Gasteiger partial charge in [-0.3, -0.25) is 0 Å². The summed E-state index contributed by atoms with van der Waals surface area (Å²) in [6.07, 6.45) is 7.42. The Labute approximate surface area is 86.8 Å². The van der Waals surface area contributed by atoms with Gasteiger partial charge in [-0.15, -0.1) is 0 Å². The first kappa shape index (κ1) is 12.0. The van der Waals surface area contributed by atoms with E-state index in [1.165, 1.54) is 25.7 Å². The molecule has 1 aliphatic rings. The van der Waals surface area contributed by atoms with Gasteiger partial charge in [0.25, 0.3) is 0 Å². The van der Waals surface area contributed by atoms with Crippen molar-refractivity contribution in [3.05, 3.63) is 0 Å². The lowest BCUT2D eigenvalue weighted by Gasteiger charge is -2.34. The van der Waals surface area contributed by atoms with Crippen LogP contribution in [0.1, 0.15) is 38.5 Å². The van der Waals surface area contributed by atoms with E-state index in [0.29, 0.717) is 18.8 Å². The normalized spacial score (nSPS) is 26.1. The van der Waals surface area contributed by atoms with Gasteiger partial charge in [0.1, 0.15) is 0 Å². The van der Waals surface area contributed by atoms with Crippen molar-refractivity contribution in [2.24, 2.45) is 0 Å². The van der Waals surface area contributed by atoms with Gasteiger partial charge in [-0.25, -0.2) is 0 Å². The van der Waals surface area contributed by atoms with Crippen molar-refractivity contribution >= 4 is 0 Å². The number of aliphatic hydroxyl groups excluding tert-OH is 1. The van der Waals surface area contributed by atoms with Crippen LogP contribution in [0.2, 0.25) is 0 Å². The predicted octanol–water partition coefficient (Wildman–Crippen LogP) is 1.31. The molecule has 3 heteroatoms. The van der Waals surface area contributed by atoms with Gasteiger partial charge in [-0.05, 0) is 32.2 Å². The fourth-order valence-electron chi connectivity index (χ4n) is 1.82. The van der Waals surface area contributed by atoms with Gasteiger partial charge >= 0.3 is 0 Å². The van der Waals surface area contributed by atoms with Crippen LogP contribution in [0, 0.1) is 0 Å². The Kier molecular flexibility index (Phi) is 6.15. The van der Waals surface area contributed by atoms with E-state index in [2.05, 4.69) is 5.32 Å². The fraction of sp³-hybridized carbons (Fsp3) is 1.00. The first-order chi connectivity index (χ1) is 6.86. The van der Waals surface area contributed by atoms with Crippen LogP contribution in [0.3, 0.4) is 0 Å². The molecule has 84 valence electrons. The maximum Gasteiger partial charge on any atom is 0.0601 e. The second-order valence-electron chi connectivity index (χ2n) is 4.12. The van der Waals surface area contributed by atoms with Crippen LogP contribution in [0.25, 0.3) is 0 Å². The molecule has 0 atom stereocenters. The third kappa shape index (κ3) is 4.40. The SMILES string of the molecule is COC1CC(NCCCCCCO)C1. The van der Waals surface area contributed by atoms with Gasteiger partial charge in [-0.1, -0.05) is 12.8 Å². The number of methoxy groups -OCH3 is 1. The molecule has 0 amide bonds. The molecule has 0 aliphatic heterocycles. The van der Waals surface area contributed by atoms with Crippen molar-refractivity contribution in [1.29, 1.82) is 0 Å². The van der Waals surface area contributed by atoms with Crippen LogP contribution in [0.15, 0.2) is 0 Å². The van der Waals surface area contributed by atoms with Gasteiger partial charge in [0.2, 0.25) is 0 Å². The second-order valence-corrected chi connectivity index (χ2v) is 4.12. The quantitative estimate of drug-likeness (QED) is 0.582. The van der Waals surface area contributed by atoms with Crippen molar-refractivity contribution in [3.8, 4) is 0 Å². The highest BCUT2D eigenvalue weighted by Gasteiger charge is 2.27. The third-order valence-electron chi connectivity index (χ3n) is 2.95. The van der Waals surface area contributed by atoms with Gasteiger partial charge in [-0.2, -0.15) is 0 Å². The molecule has 14 heavy (non-hydrogen) atoms. The summed E-state index contributed by atoms with van der Waals surface area (Å²) in [7, 11) is 1.79. The van der Waals surface area contributed by atoms with Crippen molar-refractivity contribution in [3.63, 3.8) is 0 Å². The van der Waals surface area contributed by atoms with E-state index in [-0.39, 0.29) is 0 Å². The summed E-state index contributed by atoms with van der Waals surface area (Å²) in [4.78, 5) is 0. The van der Waals surface area contributed by atoms with Gasteiger partial charge < -0.3 is 15.2 Å². The smallest absolute Gasteiger partial charge is 0.0601 e. The van der Waals surface area contributed by atoms with E-state index >= 15 is 0 Å². The number of hydrogen-bond acceptors (Lipinski definition) is 3. The molecule has 0 aromatic rings. The predicted molar refractivity (Wildman–Crippen MR) is 57.4 cm³/mol. The van der Waals surface area contributed by atoms with Crippen LogP contribution < -0.4 is 5.32 Å². The molecule has 0 spiro atoms. The Morgan fingerprint density at radius 2 is 1.93 bits per heavy atom. The van der Waals surface area contributed by atoms with Crippen LogP contribution in [-0.2, 0) is 4.74 Å².